The first-order valence-corrected chi connectivity index (χ1v) is 5.18. The first-order valence-electron chi connectivity index (χ1n) is 4.03. The molecule has 0 aliphatic heterocycles. The molecule has 0 radical (unpaired) electrons. The predicted molar refractivity (Wildman–Crippen MR) is 48.7 cm³/mol. The maximum atomic E-state index is 11.5. The van der Waals surface area contributed by atoms with Gasteiger partial charge in [-0.15, -0.1) is 4.72 Å². The summed E-state index contributed by atoms with van der Waals surface area (Å²) in [6, 6.07) is 0. The lowest BCUT2D eigenvalue weighted by molar-refractivity contribution is 0.483. The van der Waals surface area contributed by atoms with E-state index in [0.29, 0.717) is 0 Å². The molecule has 1 fully saturated rings. The van der Waals surface area contributed by atoms with Crippen molar-refractivity contribution in [1.82, 2.24) is 4.72 Å². The molecule has 0 aromatic heterocycles. The Bertz CT molecular complexity index is 149. The van der Waals surface area contributed by atoms with Crippen molar-refractivity contribution in [2.45, 2.75) is 50.8 Å². The molecule has 0 aromatic rings. The first kappa shape index (κ1) is 9.36. The Morgan fingerprint density at radius 1 is 1.36 bits per heavy atom. The third-order valence-corrected chi connectivity index (χ3v) is 3.90. The van der Waals surface area contributed by atoms with Crippen LogP contribution in [0.5, 0.6) is 0 Å². The molecule has 0 bridgehead atoms. The van der Waals surface area contributed by atoms with E-state index in [0.717, 1.165) is 12.8 Å². The molecule has 3 heteroatoms. The Morgan fingerprint density at radius 3 is 2.09 bits per heavy atom. The molecule has 11 heavy (non-hydrogen) atoms. The van der Waals surface area contributed by atoms with Crippen molar-refractivity contribution >= 4 is 11.4 Å². The van der Waals surface area contributed by atoms with Crippen molar-refractivity contribution in [3.63, 3.8) is 0 Å². The summed E-state index contributed by atoms with van der Waals surface area (Å²) in [6.07, 6.45) is 2.20. The lowest BCUT2D eigenvalue weighted by atomic mass is 10.1. The Hall–Kier alpha value is 0.270. The highest BCUT2D eigenvalue weighted by Crippen LogP contribution is 2.42. The van der Waals surface area contributed by atoms with Crippen LogP contribution < -0.4 is 4.72 Å². The maximum Gasteiger partial charge on any atom is 0.142 e. The molecule has 1 aliphatic rings. The predicted octanol–water partition coefficient (Wildman–Crippen LogP) is 1.59. The fourth-order valence-corrected chi connectivity index (χ4v) is 2.04. The standard InChI is InChI=1S/C8H17NOS/c1-7(2,3)9-11(10)8(4)5-6-8/h9H,5-6H2,1-4H3. The van der Waals surface area contributed by atoms with Crippen LogP contribution in [0.1, 0.15) is 40.5 Å². The Labute approximate surface area is 72.1 Å². The van der Waals surface area contributed by atoms with Gasteiger partial charge in [-0.3, -0.25) is 0 Å². The molecule has 0 heterocycles. The number of hydrogen-bond acceptors (Lipinski definition) is 2. The van der Waals surface area contributed by atoms with E-state index in [4.69, 9.17) is 0 Å². The second-order valence-corrected chi connectivity index (χ2v) is 6.30. The van der Waals surface area contributed by atoms with Crippen molar-refractivity contribution in [3.8, 4) is 0 Å². The van der Waals surface area contributed by atoms with E-state index in [1.807, 2.05) is 20.8 Å². The zero-order valence-corrected chi connectivity index (χ0v) is 8.55. The maximum absolute atomic E-state index is 11.5. The SMILES string of the molecule is CC(C)(C)N[S+]([O-])C1(C)CC1. The number of hydrogen-bond donors (Lipinski definition) is 1. The number of nitrogens with one attached hydrogen (secondary N) is 1. The molecule has 66 valence electrons. The van der Waals surface area contributed by atoms with E-state index < -0.39 is 11.4 Å². The highest BCUT2D eigenvalue weighted by Gasteiger charge is 2.51. The molecule has 1 N–H and O–H groups in total. The van der Waals surface area contributed by atoms with Crippen molar-refractivity contribution in [2.75, 3.05) is 0 Å². The Balaban J connectivity index is 2.38. The molecule has 0 aromatic carbocycles. The Kier molecular flexibility index (Phi) is 2.25. The number of rotatable bonds is 2. The van der Waals surface area contributed by atoms with E-state index in [-0.39, 0.29) is 10.3 Å². The summed E-state index contributed by atoms with van der Waals surface area (Å²) in [5.41, 5.74) is -0.0313. The normalized spacial score (nSPS) is 24.8. The van der Waals surface area contributed by atoms with Crippen molar-refractivity contribution in [1.29, 1.82) is 0 Å². The molecule has 1 unspecified atom stereocenters. The summed E-state index contributed by atoms with van der Waals surface area (Å²) in [7, 11) is 0. The van der Waals surface area contributed by atoms with Gasteiger partial charge in [0.15, 0.2) is 0 Å². The van der Waals surface area contributed by atoms with Gasteiger partial charge in [0.1, 0.15) is 4.75 Å². The molecular formula is C8H17NOS. The summed E-state index contributed by atoms with van der Waals surface area (Å²) in [5, 5.41) is 0. The van der Waals surface area contributed by atoms with Gasteiger partial charge < -0.3 is 4.55 Å². The van der Waals surface area contributed by atoms with Gasteiger partial charge in [0.25, 0.3) is 0 Å². The summed E-state index contributed by atoms with van der Waals surface area (Å²) < 4.78 is 14.7. The van der Waals surface area contributed by atoms with Crippen LogP contribution in [-0.2, 0) is 11.4 Å². The average Bonchev–Trinajstić information content (AvgIpc) is 2.44. The molecule has 2 nitrogen and oxygen atoms in total. The first-order chi connectivity index (χ1) is 4.83. The quantitative estimate of drug-likeness (QED) is 0.647. The van der Waals surface area contributed by atoms with E-state index in [9.17, 15) is 4.55 Å². The summed E-state index contributed by atoms with van der Waals surface area (Å²) in [4.78, 5) is 0. The summed E-state index contributed by atoms with van der Waals surface area (Å²) >= 11 is -0.846. The van der Waals surface area contributed by atoms with Gasteiger partial charge >= 0.3 is 0 Å². The molecule has 0 amide bonds. The van der Waals surface area contributed by atoms with Gasteiger partial charge in [0.05, 0.1) is 5.54 Å². The summed E-state index contributed by atoms with van der Waals surface area (Å²) in [5.74, 6) is 0. The van der Waals surface area contributed by atoms with Crippen LogP contribution in [-0.4, -0.2) is 14.8 Å². The third-order valence-electron chi connectivity index (χ3n) is 1.80. The van der Waals surface area contributed by atoms with Crippen LogP contribution in [0.15, 0.2) is 0 Å². The largest absolute Gasteiger partial charge is 0.598 e. The molecule has 0 spiro atoms. The van der Waals surface area contributed by atoms with Crippen LogP contribution in [0.25, 0.3) is 0 Å². The third kappa shape index (κ3) is 2.65. The van der Waals surface area contributed by atoms with Gasteiger partial charge in [-0.05, 0) is 27.7 Å². The van der Waals surface area contributed by atoms with Crippen molar-refractivity contribution < 1.29 is 4.55 Å². The minimum Gasteiger partial charge on any atom is -0.598 e. The van der Waals surface area contributed by atoms with Gasteiger partial charge in [0.2, 0.25) is 0 Å². The average molecular weight is 175 g/mol. The summed E-state index contributed by atoms with van der Waals surface area (Å²) in [6.45, 7) is 8.19. The molecule has 1 aliphatic carbocycles. The van der Waals surface area contributed by atoms with Crippen molar-refractivity contribution in [3.05, 3.63) is 0 Å². The minimum atomic E-state index is -0.846. The lowest BCUT2D eigenvalue weighted by Crippen LogP contribution is -2.45. The van der Waals surface area contributed by atoms with Crippen LogP contribution in [0.4, 0.5) is 0 Å². The molecular weight excluding hydrogens is 158 g/mol. The minimum absolute atomic E-state index is 0.0313. The monoisotopic (exact) mass is 175 g/mol. The van der Waals surface area contributed by atoms with Crippen LogP contribution in [0.3, 0.4) is 0 Å². The van der Waals surface area contributed by atoms with E-state index in [1.165, 1.54) is 0 Å². The topological polar surface area (TPSA) is 35.1 Å². The van der Waals surface area contributed by atoms with Crippen LogP contribution in [0.2, 0.25) is 0 Å². The second-order valence-electron chi connectivity index (χ2n) is 4.57. The molecule has 1 atom stereocenters. The van der Waals surface area contributed by atoms with E-state index in [1.54, 1.807) is 0 Å². The van der Waals surface area contributed by atoms with E-state index in [2.05, 4.69) is 11.6 Å². The molecule has 1 saturated carbocycles. The smallest absolute Gasteiger partial charge is 0.142 e. The zero-order chi connectivity index (χ0) is 8.70. The van der Waals surface area contributed by atoms with Crippen LogP contribution in [0, 0.1) is 0 Å². The fourth-order valence-electron chi connectivity index (χ4n) is 0.763. The van der Waals surface area contributed by atoms with Gasteiger partial charge in [-0.25, -0.2) is 0 Å². The van der Waals surface area contributed by atoms with Crippen molar-refractivity contribution in [2.24, 2.45) is 0 Å². The van der Waals surface area contributed by atoms with Gasteiger partial charge in [-0.2, -0.15) is 0 Å². The van der Waals surface area contributed by atoms with Gasteiger partial charge in [-0.1, -0.05) is 0 Å². The highest BCUT2D eigenvalue weighted by molar-refractivity contribution is 7.91. The van der Waals surface area contributed by atoms with Crippen LogP contribution >= 0.6 is 0 Å². The lowest BCUT2D eigenvalue weighted by Gasteiger charge is -2.25. The zero-order valence-electron chi connectivity index (χ0n) is 7.73. The highest BCUT2D eigenvalue weighted by atomic mass is 32.2. The van der Waals surface area contributed by atoms with Gasteiger partial charge in [0, 0.05) is 24.2 Å². The molecule has 0 saturated heterocycles. The second kappa shape index (κ2) is 2.64. The molecule has 1 rings (SSSR count). The van der Waals surface area contributed by atoms with E-state index >= 15 is 0 Å². The Morgan fingerprint density at radius 2 is 1.82 bits per heavy atom. The fraction of sp³-hybridized carbons (Fsp3) is 1.00.